The summed E-state index contributed by atoms with van der Waals surface area (Å²) < 4.78 is 0. The van der Waals surface area contributed by atoms with Crippen LogP contribution in [-0.4, -0.2) is 9.97 Å². The molecule has 6 aromatic carbocycles. The lowest BCUT2D eigenvalue weighted by atomic mass is 9.92. The van der Waals surface area contributed by atoms with Crippen molar-refractivity contribution in [3.63, 3.8) is 0 Å². The monoisotopic (exact) mass is 678 g/mol. The predicted molar refractivity (Wildman–Crippen MR) is 224 cm³/mol. The topological polar surface area (TPSA) is 25.8 Å². The smallest absolute Gasteiger partial charge is 0.160 e. The van der Waals surface area contributed by atoms with E-state index in [1.165, 1.54) is 44.5 Å². The summed E-state index contributed by atoms with van der Waals surface area (Å²) in [7, 11) is 0. The molecular formula is C50H50N2. The molecule has 0 saturated carbocycles. The molecule has 0 aliphatic rings. The number of aromatic nitrogens is 2. The van der Waals surface area contributed by atoms with Gasteiger partial charge in [-0.15, -0.1) is 0 Å². The average molecular weight is 679 g/mol. The van der Waals surface area contributed by atoms with E-state index in [4.69, 9.17) is 9.97 Å². The zero-order valence-corrected chi connectivity index (χ0v) is 31.6. The van der Waals surface area contributed by atoms with Crippen LogP contribution in [0.25, 0.3) is 51.1 Å². The Morgan fingerprint density at radius 1 is 0.423 bits per heavy atom. The quantitative estimate of drug-likeness (QED) is 0.175. The Bertz CT molecular complexity index is 2140. The summed E-state index contributed by atoms with van der Waals surface area (Å²) >= 11 is 0. The van der Waals surface area contributed by atoms with Gasteiger partial charge >= 0.3 is 0 Å². The van der Waals surface area contributed by atoms with Crippen molar-refractivity contribution >= 4 is 6.08 Å². The highest BCUT2D eigenvalue weighted by Crippen LogP contribution is 2.30. The van der Waals surface area contributed by atoms with Crippen LogP contribution in [0.2, 0.25) is 0 Å². The molecule has 7 aromatic rings. The molecule has 260 valence electrons. The van der Waals surface area contributed by atoms with E-state index in [-0.39, 0.29) is 0 Å². The lowest BCUT2D eigenvalue weighted by Gasteiger charge is -2.13. The van der Waals surface area contributed by atoms with E-state index in [0.717, 1.165) is 33.9 Å². The maximum atomic E-state index is 4.83. The molecule has 0 saturated heterocycles. The van der Waals surface area contributed by atoms with Crippen LogP contribution in [0.5, 0.6) is 0 Å². The molecule has 0 N–H and O–H groups in total. The summed E-state index contributed by atoms with van der Waals surface area (Å²) in [5.41, 5.74) is 15.7. The number of hydrogen-bond donors (Lipinski definition) is 0. The second kappa shape index (κ2) is 18.4. The minimum Gasteiger partial charge on any atom is -0.228 e. The van der Waals surface area contributed by atoms with Crippen LogP contribution in [0.3, 0.4) is 0 Å². The molecular weight excluding hydrogens is 629 g/mol. The molecule has 2 nitrogen and oxygen atoms in total. The molecule has 0 unspecified atom stereocenters. The van der Waals surface area contributed by atoms with Crippen LogP contribution in [0, 0.1) is 40.5 Å². The Labute approximate surface area is 311 Å². The Kier molecular flexibility index (Phi) is 13.2. The normalized spacial score (nSPS) is 10.7. The number of hydrogen-bond acceptors (Lipinski definition) is 2. The number of rotatable bonds is 6. The van der Waals surface area contributed by atoms with Gasteiger partial charge in [-0.05, 0) is 86.1 Å². The van der Waals surface area contributed by atoms with Crippen molar-refractivity contribution in [1.29, 1.82) is 0 Å². The molecule has 7 rings (SSSR count). The third kappa shape index (κ3) is 10.6. The molecule has 0 atom stereocenters. The minimum absolute atomic E-state index is 0.589. The summed E-state index contributed by atoms with van der Waals surface area (Å²) in [6.07, 6.45) is 4.50. The molecule has 0 radical (unpaired) electrons. The Hall–Kier alpha value is -5.86. The van der Waals surface area contributed by atoms with E-state index in [9.17, 15) is 0 Å². The molecule has 0 amide bonds. The number of aryl methyl sites for hydroxylation is 5. The highest BCUT2D eigenvalue weighted by atomic mass is 14.9. The Morgan fingerprint density at radius 2 is 0.962 bits per heavy atom. The van der Waals surface area contributed by atoms with Crippen LogP contribution in [0.1, 0.15) is 47.2 Å². The van der Waals surface area contributed by atoms with E-state index in [2.05, 4.69) is 152 Å². The largest absolute Gasteiger partial charge is 0.228 e. The van der Waals surface area contributed by atoms with Crippen LogP contribution in [0.15, 0.2) is 164 Å². The Balaban J connectivity index is 0.000000173. The molecule has 0 bridgehead atoms. The Morgan fingerprint density at radius 3 is 1.54 bits per heavy atom. The first kappa shape index (κ1) is 37.4. The summed E-state index contributed by atoms with van der Waals surface area (Å²) in [4.78, 5) is 9.64. The molecule has 52 heavy (non-hydrogen) atoms. The van der Waals surface area contributed by atoms with Crippen molar-refractivity contribution < 1.29 is 0 Å². The van der Waals surface area contributed by atoms with Gasteiger partial charge in [-0.2, -0.15) is 0 Å². The van der Waals surface area contributed by atoms with Gasteiger partial charge in [0.2, 0.25) is 0 Å². The van der Waals surface area contributed by atoms with Crippen molar-refractivity contribution in [2.75, 3.05) is 0 Å². The molecule has 0 fully saturated rings. The zero-order chi connectivity index (χ0) is 36.9. The van der Waals surface area contributed by atoms with Gasteiger partial charge in [0.15, 0.2) is 5.82 Å². The number of benzene rings is 6. The van der Waals surface area contributed by atoms with Crippen molar-refractivity contribution in [2.45, 2.75) is 48.5 Å². The van der Waals surface area contributed by atoms with Gasteiger partial charge in [0.1, 0.15) is 0 Å². The molecule has 1 heterocycles. The molecule has 2 heteroatoms. The molecule has 1 aromatic heterocycles. The standard InChI is InChI=1S/C23H18N2.C20H24.C7H8/c1-17-9-8-14-20(15-17)22-16-21(18-10-4-2-5-11-18)24-23(25-22)19-12-6-3-7-13-19;1-14(2)10-11-18-12-17(5)20(13-16(18)4)19-9-7-6-8-15(19)3;1-7-5-3-2-4-6-7/h2-16H,1H3;6-14H,1-5H3;2-6H,1H3/b;11-10-;. The maximum absolute atomic E-state index is 4.83. The summed E-state index contributed by atoms with van der Waals surface area (Å²) in [6, 6.07) is 54.3. The van der Waals surface area contributed by atoms with E-state index in [0.29, 0.717) is 5.92 Å². The van der Waals surface area contributed by atoms with Gasteiger partial charge in [-0.1, -0.05) is 183 Å². The van der Waals surface area contributed by atoms with Crippen molar-refractivity contribution in [3.8, 4) is 45.0 Å². The van der Waals surface area contributed by atoms with E-state index in [1.807, 2.05) is 66.7 Å². The van der Waals surface area contributed by atoms with Crippen LogP contribution < -0.4 is 0 Å². The minimum atomic E-state index is 0.589. The van der Waals surface area contributed by atoms with E-state index < -0.39 is 0 Å². The van der Waals surface area contributed by atoms with Gasteiger partial charge in [-0.3, -0.25) is 0 Å². The van der Waals surface area contributed by atoms with E-state index >= 15 is 0 Å². The van der Waals surface area contributed by atoms with Gasteiger partial charge in [0.25, 0.3) is 0 Å². The summed E-state index contributed by atoms with van der Waals surface area (Å²) in [5, 5.41) is 0. The second-order valence-corrected chi connectivity index (χ2v) is 13.7. The highest BCUT2D eigenvalue weighted by Gasteiger charge is 2.11. The third-order valence-electron chi connectivity index (χ3n) is 8.79. The first-order chi connectivity index (χ1) is 25.2. The van der Waals surface area contributed by atoms with Gasteiger partial charge in [0.05, 0.1) is 11.4 Å². The first-order valence-corrected chi connectivity index (χ1v) is 18.1. The molecule has 0 aliphatic carbocycles. The SMILES string of the molecule is Cc1cc(-c2ccccc2C)c(C)cc1/C=C\C(C)C.Cc1cccc(-c2cc(-c3ccccc3)nc(-c3ccccc3)n2)c1.Cc1ccccc1. The van der Waals surface area contributed by atoms with Crippen molar-refractivity contribution in [1.82, 2.24) is 9.97 Å². The second-order valence-electron chi connectivity index (χ2n) is 13.7. The van der Waals surface area contributed by atoms with Crippen LogP contribution in [-0.2, 0) is 0 Å². The summed E-state index contributed by atoms with van der Waals surface area (Å²) in [6.45, 7) is 15.2. The van der Waals surface area contributed by atoms with E-state index in [1.54, 1.807) is 0 Å². The predicted octanol–water partition coefficient (Wildman–Crippen LogP) is 13.7. The van der Waals surface area contributed by atoms with Crippen LogP contribution in [0.4, 0.5) is 0 Å². The molecule has 0 aliphatic heterocycles. The lowest BCUT2D eigenvalue weighted by Crippen LogP contribution is -1.95. The zero-order valence-electron chi connectivity index (χ0n) is 31.6. The summed E-state index contributed by atoms with van der Waals surface area (Å²) in [5.74, 6) is 1.34. The van der Waals surface area contributed by atoms with Gasteiger partial charge in [0, 0.05) is 16.7 Å². The maximum Gasteiger partial charge on any atom is 0.160 e. The first-order valence-electron chi connectivity index (χ1n) is 18.1. The fraction of sp³-hybridized carbons (Fsp3) is 0.160. The van der Waals surface area contributed by atoms with Crippen molar-refractivity contribution in [3.05, 3.63) is 197 Å². The van der Waals surface area contributed by atoms with Gasteiger partial charge < -0.3 is 0 Å². The lowest BCUT2D eigenvalue weighted by molar-refractivity contribution is 0.836. The fourth-order valence-corrected chi connectivity index (χ4v) is 5.89. The molecule has 0 spiro atoms. The number of nitrogens with zero attached hydrogens (tertiary/aromatic N) is 2. The average Bonchev–Trinajstić information content (AvgIpc) is 3.17. The van der Waals surface area contributed by atoms with Crippen molar-refractivity contribution in [2.24, 2.45) is 5.92 Å². The third-order valence-corrected chi connectivity index (χ3v) is 8.79. The fourth-order valence-electron chi connectivity index (χ4n) is 5.89. The van der Waals surface area contributed by atoms with Gasteiger partial charge in [-0.25, -0.2) is 9.97 Å². The highest BCUT2D eigenvalue weighted by molar-refractivity contribution is 5.74. The number of allylic oxidation sites excluding steroid dienone is 1. The van der Waals surface area contributed by atoms with Crippen LogP contribution >= 0.6 is 0 Å².